The molecular weight excluding hydrogens is 348 g/mol. The summed E-state index contributed by atoms with van der Waals surface area (Å²) in [5, 5.41) is 2.93. The number of nitrogens with one attached hydrogen (secondary N) is 1. The molecule has 1 fully saturated rings. The van der Waals surface area contributed by atoms with Crippen LogP contribution in [0, 0.1) is 0 Å². The number of hydrogen-bond acceptors (Lipinski definition) is 5. The second-order valence-electron chi connectivity index (χ2n) is 6.44. The first-order valence-corrected chi connectivity index (χ1v) is 8.79. The maximum Gasteiger partial charge on any atom is 0.251 e. The lowest BCUT2D eigenvalue weighted by Gasteiger charge is -2.22. The molecule has 2 aliphatic rings. The highest BCUT2D eigenvalue weighted by Gasteiger charge is 2.32. The van der Waals surface area contributed by atoms with Crippen LogP contribution < -0.4 is 24.4 Å². The van der Waals surface area contributed by atoms with Crippen LogP contribution >= 0.6 is 0 Å². The van der Waals surface area contributed by atoms with E-state index in [2.05, 4.69) is 5.32 Å². The minimum Gasteiger partial charge on any atom is -0.497 e. The van der Waals surface area contributed by atoms with Crippen LogP contribution in [0.5, 0.6) is 17.2 Å². The van der Waals surface area contributed by atoms with Gasteiger partial charge in [0.2, 0.25) is 5.91 Å². The van der Waals surface area contributed by atoms with Crippen LogP contribution in [0.4, 0.5) is 5.69 Å². The number of anilines is 1. The fourth-order valence-corrected chi connectivity index (χ4v) is 3.29. The molecule has 27 heavy (non-hydrogen) atoms. The lowest BCUT2D eigenvalue weighted by molar-refractivity contribution is -0.117. The zero-order valence-corrected chi connectivity index (χ0v) is 14.9. The molecule has 7 heteroatoms. The van der Waals surface area contributed by atoms with Crippen LogP contribution in [0.3, 0.4) is 0 Å². The summed E-state index contributed by atoms with van der Waals surface area (Å²) in [6, 6.07) is 12.1. The SMILES string of the molecule is COc1cccc(C(=O)N[C@@H]2CC(=O)N(c3ccc4c(c3)OCCO4)C2)c1. The van der Waals surface area contributed by atoms with E-state index in [9.17, 15) is 9.59 Å². The molecule has 2 aromatic rings. The summed E-state index contributed by atoms with van der Waals surface area (Å²) in [5.41, 5.74) is 1.24. The molecule has 1 atom stereocenters. The number of ether oxygens (including phenoxy) is 3. The van der Waals surface area contributed by atoms with Crippen molar-refractivity contribution in [1.82, 2.24) is 5.32 Å². The summed E-state index contributed by atoms with van der Waals surface area (Å²) >= 11 is 0. The Hall–Kier alpha value is -3.22. The van der Waals surface area contributed by atoms with Gasteiger partial charge in [0.25, 0.3) is 5.91 Å². The van der Waals surface area contributed by atoms with Crippen LogP contribution in [0.15, 0.2) is 42.5 Å². The summed E-state index contributed by atoms with van der Waals surface area (Å²) < 4.78 is 16.2. The van der Waals surface area contributed by atoms with Crippen molar-refractivity contribution in [2.75, 3.05) is 31.8 Å². The highest BCUT2D eigenvalue weighted by atomic mass is 16.6. The molecule has 0 spiro atoms. The smallest absolute Gasteiger partial charge is 0.251 e. The molecule has 0 saturated carbocycles. The van der Waals surface area contributed by atoms with Gasteiger partial charge in [-0.3, -0.25) is 9.59 Å². The summed E-state index contributed by atoms with van der Waals surface area (Å²) in [6.45, 7) is 1.42. The van der Waals surface area contributed by atoms with E-state index in [1.165, 1.54) is 0 Å². The van der Waals surface area contributed by atoms with Crippen molar-refractivity contribution in [3.63, 3.8) is 0 Å². The van der Waals surface area contributed by atoms with Gasteiger partial charge in [0.1, 0.15) is 19.0 Å². The summed E-state index contributed by atoms with van der Waals surface area (Å²) in [6.07, 6.45) is 0.254. The Bertz CT molecular complexity index is 882. The average Bonchev–Trinajstić information content (AvgIpc) is 3.07. The van der Waals surface area contributed by atoms with Crippen molar-refractivity contribution in [2.45, 2.75) is 12.5 Å². The van der Waals surface area contributed by atoms with E-state index in [0.29, 0.717) is 42.6 Å². The Kier molecular flexibility index (Phi) is 4.58. The molecule has 0 aromatic heterocycles. The molecule has 1 saturated heterocycles. The predicted molar refractivity (Wildman–Crippen MR) is 98.7 cm³/mol. The van der Waals surface area contributed by atoms with Crippen LogP contribution in [0.25, 0.3) is 0 Å². The number of benzene rings is 2. The van der Waals surface area contributed by atoms with Crippen molar-refractivity contribution < 1.29 is 23.8 Å². The zero-order chi connectivity index (χ0) is 18.8. The minimum absolute atomic E-state index is 0.0392. The second kappa shape index (κ2) is 7.19. The van der Waals surface area contributed by atoms with E-state index in [1.54, 1.807) is 48.4 Å². The van der Waals surface area contributed by atoms with Crippen LogP contribution in [-0.2, 0) is 4.79 Å². The maximum atomic E-state index is 12.5. The quantitative estimate of drug-likeness (QED) is 0.893. The molecule has 0 radical (unpaired) electrons. The first kappa shape index (κ1) is 17.2. The lowest BCUT2D eigenvalue weighted by Crippen LogP contribution is -2.37. The van der Waals surface area contributed by atoms with Crippen LogP contribution in [0.2, 0.25) is 0 Å². The molecule has 4 rings (SSSR count). The molecular formula is C20H20N2O5. The predicted octanol–water partition coefficient (Wildman–Crippen LogP) is 2.00. The maximum absolute atomic E-state index is 12.5. The van der Waals surface area contributed by atoms with E-state index >= 15 is 0 Å². The number of methoxy groups -OCH3 is 1. The zero-order valence-electron chi connectivity index (χ0n) is 14.9. The third kappa shape index (κ3) is 3.53. The van der Waals surface area contributed by atoms with Gasteiger partial charge in [-0.1, -0.05) is 6.07 Å². The minimum atomic E-state index is -0.260. The van der Waals surface area contributed by atoms with Gasteiger partial charge in [-0.25, -0.2) is 0 Å². The third-order valence-electron chi connectivity index (χ3n) is 4.63. The number of rotatable bonds is 4. The topological polar surface area (TPSA) is 77.1 Å². The van der Waals surface area contributed by atoms with Gasteiger partial charge >= 0.3 is 0 Å². The highest BCUT2D eigenvalue weighted by Crippen LogP contribution is 2.35. The third-order valence-corrected chi connectivity index (χ3v) is 4.63. The second-order valence-corrected chi connectivity index (χ2v) is 6.44. The van der Waals surface area contributed by atoms with E-state index in [4.69, 9.17) is 14.2 Å². The Morgan fingerprint density at radius 2 is 1.96 bits per heavy atom. The molecule has 0 aliphatic carbocycles. The van der Waals surface area contributed by atoms with Crippen LogP contribution in [0.1, 0.15) is 16.8 Å². The fraction of sp³-hybridized carbons (Fsp3) is 0.300. The van der Waals surface area contributed by atoms with Crippen LogP contribution in [-0.4, -0.2) is 44.7 Å². The number of nitrogens with zero attached hydrogens (tertiary/aromatic N) is 1. The first-order valence-electron chi connectivity index (χ1n) is 8.79. The molecule has 2 aromatic carbocycles. The first-order chi connectivity index (χ1) is 13.1. The highest BCUT2D eigenvalue weighted by molar-refractivity contribution is 5.99. The number of carbonyl (C=O) groups is 2. The van der Waals surface area contributed by atoms with E-state index < -0.39 is 0 Å². The van der Waals surface area contributed by atoms with Gasteiger partial charge < -0.3 is 24.4 Å². The average molecular weight is 368 g/mol. The Labute approximate surface area is 156 Å². The van der Waals surface area contributed by atoms with Crippen molar-refractivity contribution in [3.8, 4) is 17.2 Å². The molecule has 2 aliphatic heterocycles. The largest absolute Gasteiger partial charge is 0.497 e. The summed E-state index contributed by atoms with van der Waals surface area (Å²) in [5.74, 6) is 1.66. The van der Waals surface area contributed by atoms with Crippen molar-refractivity contribution in [2.24, 2.45) is 0 Å². The molecule has 1 N–H and O–H groups in total. The van der Waals surface area contributed by atoms with Gasteiger partial charge in [0.05, 0.1) is 13.2 Å². The number of fused-ring (bicyclic) bond motifs is 1. The van der Waals surface area contributed by atoms with Crippen molar-refractivity contribution >= 4 is 17.5 Å². The number of hydrogen-bond donors (Lipinski definition) is 1. The van der Waals surface area contributed by atoms with E-state index in [-0.39, 0.29) is 24.3 Å². The number of amides is 2. The standard InChI is InChI=1S/C20H20N2O5/c1-25-16-4-2-3-13(9-16)20(24)21-14-10-19(23)22(12-14)15-5-6-17-18(11-15)27-8-7-26-17/h2-6,9,11,14H,7-8,10,12H2,1H3,(H,21,24)/t14-/m1/s1. The fourth-order valence-electron chi connectivity index (χ4n) is 3.29. The molecule has 0 bridgehead atoms. The van der Waals surface area contributed by atoms with Gasteiger partial charge in [-0.2, -0.15) is 0 Å². The molecule has 0 unspecified atom stereocenters. The van der Waals surface area contributed by atoms with E-state index in [0.717, 1.165) is 5.69 Å². The molecule has 2 amide bonds. The van der Waals surface area contributed by atoms with Gasteiger partial charge in [-0.05, 0) is 30.3 Å². The normalized spacial score (nSPS) is 18.3. The molecule has 7 nitrogen and oxygen atoms in total. The lowest BCUT2D eigenvalue weighted by atomic mass is 10.1. The van der Waals surface area contributed by atoms with Gasteiger partial charge in [0.15, 0.2) is 11.5 Å². The van der Waals surface area contributed by atoms with Crippen molar-refractivity contribution in [3.05, 3.63) is 48.0 Å². The monoisotopic (exact) mass is 368 g/mol. The Balaban J connectivity index is 1.45. The van der Waals surface area contributed by atoms with Gasteiger partial charge in [-0.15, -0.1) is 0 Å². The number of carbonyl (C=O) groups excluding carboxylic acids is 2. The Morgan fingerprint density at radius 1 is 1.15 bits per heavy atom. The molecule has 140 valence electrons. The van der Waals surface area contributed by atoms with E-state index in [1.807, 2.05) is 6.07 Å². The summed E-state index contributed by atoms with van der Waals surface area (Å²) in [7, 11) is 1.55. The Morgan fingerprint density at radius 3 is 2.78 bits per heavy atom. The summed E-state index contributed by atoms with van der Waals surface area (Å²) in [4.78, 5) is 26.6. The molecule has 2 heterocycles. The van der Waals surface area contributed by atoms with Gasteiger partial charge in [0, 0.05) is 30.3 Å². The van der Waals surface area contributed by atoms with Crippen molar-refractivity contribution in [1.29, 1.82) is 0 Å².